The van der Waals surface area contributed by atoms with E-state index in [2.05, 4.69) is 4.72 Å². The molecule has 0 saturated carbocycles. The van der Waals surface area contributed by atoms with E-state index in [1.165, 1.54) is 6.07 Å². The molecule has 0 radical (unpaired) electrons. The topological polar surface area (TPSA) is 71.3 Å². The Hall–Kier alpha value is -0.850. The summed E-state index contributed by atoms with van der Waals surface area (Å²) in [7, 11) is -3.55. The summed E-state index contributed by atoms with van der Waals surface area (Å²) in [5.41, 5.74) is 0.450. The van der Waals surface area contributed by atoms with Gasteiger partial charge in [0, 0.05) is 24.5 Å². The molecule has 5 nitrogen and oxygen atoms in total. The summed E-state index contributed by atoms with van der Waals surface area (Å²) in [5.74, 6) is 0. The van der Waals surface area contributed by atoms with Gasteiger partial charge in [-0.2, -0.15) is 0 Å². The fourth-order valence-electron chi connectivity index (χ4n) is 1.58. The van der Waals surface area contributed by atoms with Crippen molar-refractivity contribution >= 4 is 10.0 Å². The molecule has 1 aromatic heterocycles. The highest BCUT2D eigenvalue weighted by atomic mass is 32.2. The number of aromatic nitrogens is 1. The molecule has 1 atom stereocenters. The Labute approximate surface area is 115 Å². The lowest BCUT2D eigenvalue weighted by atomic mass is 9.89. The SMILES string of the molecule is CCn1cc(S(=O)(=O)NC(C)C(C)(C)C)cc1CO. The maximum Gasteiger partial charge on any atom is 0.242 e. The van der Waals surface area contributed by atoms with Crippen molar-refractivity contribution in [1.29, 1.82) is 0 Å². The van der Waals surface area contributed by atoms with Gasteiger partial charge >= 0.3 is 0 Å². The highest BCUT2D eigenvalue weighted by Gasteiger charge is 2.27. The van der Waals surface area contributed by atoms with E-state index in [0.717, 1.165) is 0 Å². The molecular weight excluding hydrogens is 264 g/mol. The molecule has 2 N–H and O–H groups in total. The van der Waals surface area contributed by atoms with Crippen molar-refractivity contribution in [2.24, 2.45) is 5.41 Å². The van der Waals surface area contributed by atoms with E-state index in [0.29, 0.717) is 12.2 Å². The third-order valence-corrected chi connectivity index (χ3v) is 4.91. The molecule has 0 aromatic carbocycles. The molecule has 0 aliphatic carbocycles. The number of nitrogens with one attached hydrogen (secondary N) is 1. The Morgan fingerprint density at radius 2 is 2.00 bits per heavy atom. The summed E-state index contributed by atoms with van der Waals surface area (Å²) in [6, 6.07) is 1.33. The van der Waals surface area contributed by atoms with Crippen LogP contribution in [0.5, 0.6) is 0 Å². The van der Waals surface area contributed by atoms with Gasteiger partial charge in [-0.1, -0.05) is 20.8 Å². The highest BCUT2D eigenvalue weighted by Crippen LogP contribution is 2.22. The molecule has 110 valence electrons. The predicted molar refractivity (Wildman–Crippen MR) is 75.3 cm³/mol. The van der Waals surface area contributed by atoms with E-state index in [1.54, 1.807) is 10.8 Å². The lowest BCUT2D eigenvalue weighted by Gasteiger charge is -2.27. The molecule has 1 aromatic rings. The van der Waals surface area contributed by atoms with Gasteiger partial charge in [0.1, 0.15) is 0 Å². The number of aryl methyl sites for hydroxylation is 1. The minimum atomic E-state index is -3.55. The Morgan fingerprint density at radius 3 is 2.37 bits per heavy atom. The molecule has 0 aliphatic rings. The zero-order chi connectivity index (χ0) is 14.8. The number of nitrogens with zero attached hydrogens (tertiary/aromatic N) is 1. The van der Waals surface area contributed by atoms with E-state index >= 15 is 0 Å². The molecule has 0 amide bonds. The number of rotatable bonds is 5. The third kappa shape index (κ3) is 3.81. The zero-order valence-electron chi connectivity index (χ0n) is 12.3. The number of aliphatic hydroxyl groups is 1. The molecule has 6 heteroatoms. The Morgan fingerprint density at radius 1 is 1.42 bits per heavy atom. The Bertz CT molecular complexity index is 505. The quantitative estimate of drug-likeness (QED) is 0.866. The first kappa shape index (κ1) is 16.2. The van der Waals surface area contributed by atoms with E-state index in [1.807, 2.05) is 34.6 Å². The lowest BCUT2D eigenvalue weighted by molar-refractivity contribution is 0.271. The van der Waals surface area contributed by atoms with Crippen LogP contribution in [0.2, 0.25) is 0 Å². The summed E-state index contributed by atoms with van der Waals surface area (Å²) in [4.78, 5) is 0.203. The molecule has 1 heterocycles. The molecule has 19 heavy (non-hydrogen) atoms. The van der Waals surface area contributed by atoms with Crippen LogP contribution < -0.4 is 4.72 Å². The normalized spacial score (nSPS) is 14.6. The highest BCUT2D eigenvalue weighted by molar-refractivity contribution is 7.89. The van der Waals surface area contributed by atoms with E-state index in [9.17, 15) is 13.5 Å². The number of hydrogen-bond acceptors (Lipinski definition) is 3. The second-order valence-corrected chi connectivity index (χ2v) is 7.53. The van der Waals surface area contributed by atoms with Gasteiger partial charge in [-0.25, -0.2) is 13.1 Å². The second kappa shape index (κ2) is 5.64. The Balaban J connectivity index is 3.04. The van der Waals surface area contributed by atoms with E-state index in [-0.39, 0.29) is 23.0 Å². The minimum Gasteiger partial charge on any atom is -0.390 e. The molecule has 0 spiro atoms. The van der Waals surface area contributed by atoms with Crippen LogP contribution in [0.15, 0.2) is 17.2 Å². The maximum absolute atomic E-state index is 12.3. The van der Waals surface area contributed by atoms with Crippen LogP contribution in [0.1, 0.15) is 40.3 Å². The first-order valence-electron chi connectivity index (χ1n) is 6.44. The van der Waals surface area contributed by atoms with Crippen molar-refractivity contribution in [2.75, 3.05) is 0 Å². The first-order chi connectivity index (χ1) is 8.61. The van der Waals surface area contributed by atoms with Crippen molar-refractivity contribution in [3.63, 3.8) is 0 Å². The fraction of sp³-hybridized carbons (Fsp3) is 0.692. The fourth-order valence-corrected chi connectivity index (χ4v) is 3.09. The van der Waals surface area contributed by atoms with E-state index < -0.39 is 10.0 Å². The van der Waals surface area contributed by atoms with Crippen LogP contribution in [0.3, 0.4) is 0 Å². The van der Waals surface area contributed by atoms with Gasteiger partial charge in [0.15, 0.2) is 0 Å². The standard InChI is InChI=1S/C13H24N2O3S/c1-6-15-8-12(7-11(15)9-16)19(17,18)14-10(2)13(3,4)5/h7-8,10,14,16H,6,9H2,1-5H3. The molecule has 1 unspecified atom stereocenters. The van der Waals surface area contributed by atoms with Crippen LogP contribution in [-0.2, 0) is 23.2 Å². The largest absolute Gasteiger partial charge is 0.390 e. The summed E-state index contributed by atoms with van der Waals surface area (Å²) in [5, 5.41) is 9.20. The predicted octanol–water partition coefficient (Wildman–Crippen LogP) is 1.71. The zero-order valence-corrected chi connectivity index (χ0v) is 13.1. The van der Waals surface area contributed by atoms with Gasteiger partial charge < -0.3 is 9.67 Å². The molecule has 0 saturated heterocycles. The number of hydrogen-bond donors (Lipinski definition) is 2. The van der Waals surface area contributed by atoms with Crippen LogP contribution in [0, 0.1) is 5.41 Å². The third-order valence-electron chi connectivity index (χ3n) is 3.40. The summed E-state index contributed by atoms with van der Waals surface area (Å²) < 4.78 is 29.0. The summed E-state index contributed by atoms with van der Waals surface area (Å²) >= 11 is 0. The van der Waals surface area contributed by atoms with Crippen LogP contribution in [-0.4, -0.2) is 24.1 Å². The van der Waals surface area contributed by atoms with Crippen molar-refractivity contribution < 1.29 is 13.5 Å². The maximum atomic E-state index is 12.3. The van der Waals surface area contributed by atoms with Gasteiger partial charge in [-0.3, -0.25) is 0 Å². The van der Waals surface area contributed by atoms with Crippen LogP contribution >= 0.6 is 0 Å². The molecular formula is C13H24N2O3S. The molecule has 0 fully saturated rings. The van der Waals surface area contributed by atoms with Crippen LogP contribution in [0.4, 0.5) is 0 Å². The van der Waals surface area contributed by atoms with Crippen molar-refractivity contribution in [3.05, 3.63) is 18.0 Å². The van der Waals surface area contributed by atoms with Crippen molar-refractivity contribution in [3.8, 4) is 0 Å². The molecule has 0 bridgehead atoms. The van der Waals surface area contributed by atoms with Gasteiger partial charge in [0.25, 0.3) is 0 Å². The summed E-state index contributed by atoms with van der Waals surface area (Å²) in [6.07, 6.45) is 1.56. The first-order valence-corrected chi connectivity index (χ1v) is 7.92. The smallest absolute Gasteiger partial charge is 0.242 e. The monoisotopic (exact) mass is 288 g/mol. The average molecular weight is 288 g/mol. The summed E-state index contributed by atoms with van der Waals surface area (Å²) in [6.45, 7) is 10.2. The van der Waals surface area contributed by atoms with E-state index in [4.69, 9.17) is 0 Å². The van der Waals surface area contributed by atoms with Crippen molar-refractivity contribution in [1.82, 2.24) is 9.29 Å². The number of sulfonamides is 1. The Kier molecular flexibility index (Phi) is 4.81. The van der Waals surface area contributed by atoms with Crippen molar-refractivity contribution in [2.45, 2.75) is 58.7 Å². The van der Waals surface area contributed by atoms with Gasteiger partial charge in [0.2, 0.25) is 10.0 Å². The lowest BCUT2D eigenvalue weighted by Crippen LogP contribution is -2.41. The van der Waals surface area contributed by atoms with Gasteiger partial charge in [0.05, 0.1) is 11.5 Å². The van der Waals surface area contributed by atoms with Crippen LogP contribution in [0.25, 0.3) is 0 Å². The molecule has 0 aliphatic heterocycles. The number of aliphatic hydroxyl groups excluding tert-OH is 1. The van der Waals surface area contributed by atoms with Gasteiger partial charge in [-0.15, -0.1) is 0 Å². The molecule has 1 rings (SSSR count). The average Bonchev–Trinajstić information content (AvgIpc) is 2.70. The minimum absolute atomic E-state index is 0.153. The second-order valence-electron chi connectivity index (χ2n) is 5.82. The van der Waals surface area contributed by atoms with Gasteiger partial charge in [-0.05, 0) is 25.3 Å².